The first-order chi connectivity index (χ1) is 17.0. The molecule has 1 saturated heterocycles. The number of alkyl halides is 1. The van der Waals surface area contributed by atoms with Gasteiger partial charge in [-0.15, -0.1) is 5.10 Å². The number of aromatic nitrogens is 6. The van der Waals surface area contributed by atoms with Gasteiger partial charge in [-0.25, -0.2) is 18.2 Å². The Labute approximate surface area is 207 Å². The molecule has 12 heteroatoms. The molecule has 0 atom stereocenters. The summed E-state index contributed by atoms with van der Waals surface area (Å²) in [6.07, 6.45) is 3.17. The van der Waals surface area contributed by atoms with E-state index in [1.165, 1.54) is 16.8 Å². The van der Waals surface area contributed by atoms with E-state index in [1.54, 1.807) is 0 Å². The first kappa shape index (κ1) is 24.4. The van der Waals surface area contributed by atoms with Crippen molar-refractivity contribution in [1.82, 2.24) is 35.5 Å². The van der Waals surface area contributed by atoms with Crippen molar-refractivity contribution in [3.05, 3.63) is 35.2 Å². The quantitative estimate of drug-likeness (QED) is 0.463. The second-order valence-electron chi connectivity index (χ2n) is 11.0. The molecule has 0 spiro atoms. The minimum atomic E-state index is -0.907. The van der Waals surface area contributed by atoms with E-state index in [1.807, 2.05) is 0 Å². The molecule has 0 bridgehead atoms. The predicted molar refractivity (Wildman–Crippen MR) is 129 cm³/mol. The van der Waals surface area contributed by atoms with Gasteiger partial charge in [0.2, 0.25) is 5.95 Å². The van der Waals surface area contributed by atoms with Crippen LogP contribution in [0.5, 0.6) is 0 Å². The van der Waals surface area contributed by atoms with Crippen molar-refractivity contribution >= 4 is 11.8 Å². The molecule has 1 aliphatic carbocycles. The van der Waals surface area contributed by atoms with Crippen LogP contribution in [0.2, 0.25) is 0 Å². The third-order valence-corrected chi connectivity index (χ3v) is 6.67. The lowest BCUT2D eigenvalue weighted by Crippen LogP contribution is -2.60. The summed E-state index contributed by atoms with van der Waals surface area (Å²) >= 11 is 0. The van der Waals surface area contributed by atoms with Crippen LogP contribution < -0.4 is 16.4 Å². The number of halogens is 3. The lowest BCUT2D eigenvalue weighted by Gasteiger charge is -2.46. The van der Waals surface area contributed by atoms with E-state index in [9.17, 15) is 4.39 Å². The minimum absolute atomic E-state index is 0.0318. The maximum atomic E-state index is 15.8. The predicted octanol–water partition coefficient (Wildman–Crippen LogP) is 4.05. The van der Waals surface area contributed by atoms with E-state index in [2.05, 4.69) is 63.8 Å². The molecule has 2 fully saturated rings. The molecule has 192 valence electrons. The van der Waals surface area contributed by atoms with Crippen LogP contribution in [0.25, 0.3) is 16.9 Å². The average molecular weight is 502 g/mol. The summed E-state index contributed by atoms with van der Waals surface area (Å²) in [5.41, 5.74) is 6.19. The molecule has 1 saturated carbocycles. The summed E-state index contributed by atoms with van der Waals surface area (Å²) in [6, 6.07) is 2.64. The maximum Gasteiger partial charge on any atom is 0.222 e. The van der Waals surface area contributed by atoms with E-state index in [0.717, 1.165) is 25.7 Å². The lowest BCUT2D eigenvalue weighted by molar-refractivity contribution is 0.170. The highest BCUT2D eigenvalue weighted by Crippen LogP contribution is 2.45. The van der Waals surface area contributed by atoms with E-state index >= 15 is 8.78 Å². The van der Waals surface area contributed by atoms with Gasteiger partial charge in [0.05, 0.1) is 5.69 Å². The van der Waals surface area contributed by atoms with Crippen LogP contribution in [0.1, 0.15) is 70.7 Å². The topological polar surface area (TPSA) is 119 Å². The van der Waals surface area contributed by atoms with Crippen molar-refractivity contribution in [2.24, 2.45) is 0 Å². The van der Waals surface area contributed by atoms with Crippen LogP contribution in [0.15, 0.2) is 12.1 Å². The molecule has 9 nitrogen and oxygen atoms in total. The summed E-state index contributed by atoms with van der Waals surface area (Å²) in [5, 5.41) is 17.9. The molecular formula is C24H30F3N9. The maximum absolute atomic E-state index is 15.8. The van der Waals surface area contributed by atoms with Gasteiger partial charge < -0.3 is 16.4 Å². The molecule has 36 heavy (non-hydrogen) atoms. The molecule has 5 rings (SSSR count). The van der Waals surface area contributed by atoms with Gasteiger partial charge in [-0.05, 0) is 87.4 Å². The number of hydrogen-bond acceptors (Lipinski definition) is 8. The van der Waals surface area contributed by atoms with Crippen LogP contribution in [0.3, 0.4) is 0 Å². The molecule has 1 aliphatic heterocycles. The standard InChI is InChI=1S/C24H30F3N9/c1-23(2)9-13(10-24(3,4)33-23)29-21-19(27)20(30-22(28)31-21)15-8-17(36-18(11-25)32-34-35-36)14(7-16(15)26)12-5-6-12/h7-8,12-13,33H,5-6,9-11H2,1-4H3,(H3,28,29,30,31). The number of tetrazole rings is 1. The Hall–Kier alpha value is -3.28. The Bertz CT molecular complexity index is 1280. The van der Waals surface area contributed by atoms with Crippen molar-refractivity contribution in [2.75, 3.05) is 11.1 Å². The molecule has 2 aromatic heterocycles. The molecule has 1 aromatic carbocycles. The molecule has 0 radical (unpaired) electrons. The molecule has 2 aliphatic rings. The number of rotatable bonds is 6. The Balaban J connectivity index is 1.57. The zero-order valence-electron chi connectivity index (χ0n) is 20.7. The van der Waals surface area contributed by atoms with Crippen molar-refractivity contribution in [1.29, 1.82) is 0 Å². The van der Waals surface area contributed by atoms with Crippen molar-refractivity contribution in [2.45, 2.75) is 83.1 Å². The van der Waals surface area contributed by atoms with Gasteiger partial charge in [-0.3, -0.25) is 0 Å². The Morgan fingerprint density at radius 1 is 1.11 bits per heavy atom. The van der Waals surface area contributed by atoms with Crippen molar-refractivity contribution in [3.8, 4) is 16.9 Å². The summed E-state index contributed by atoms with van der Waals surface area (Å²) in [7, 11) is 0. The molecule has 3 aromatic rings. The number of hydrogen-bond donors (Lipinski definition) is 3. The van der Waals surface area contributed by atoms with Crippen LogP contribution in [-0.2, 0) is 6.67 Å². The zero-order valence-corrected chi connectivity index (χ0v) is 20.7. The normalized spacial score (nSPS) is 19.4. The number of nitrogens with two attached hydrogens (primary N) is 1. The van der Waals surface area contributed by atoms with Gasteiger partial charge >= 0.3 is 0 Å². The number of nitrogens with one attached hydrogen (secondary N) is 2. The van der Waals surface area contributed by atoms with Crippen LogP contribution in [0, 0.1) is 11.6 Å². The van der Waals surface area contributed by atoms with Gasteiger partial charge in [0.1, 0.15) is 11.5 Å². The number of nitrogens with zero attached hydrogens (tertiary/aromatic N) is 6. The summed E-state index contributed by atoms with van der Waals surface area (Å²) in [6.45, 7) is 7.43. The molecule has 4 N–H and O–H groups in total. The van der Waals surface area contributed by atoms with Crippen LogP contribution >= 0.6 is 0 Å². The second-order valence-corrected chi connectivity index (χ2v) is 11.0. The fourth-order valence-corrected chi connectivity index (χ4v) is 5.50. The summed E-state index contributed by atoms with van der Waals surface area (Å²) < 4.78 is 45.9. The smallest absolute Gasteiger partial charge is 0.222 e. The lowest BCUT2D eigenvalue weighted by atomic mass is 9.79. The largest absolute Gasteiger partial charge is 0.368 e. The SMILES string of the molecule is CC1(C)CC(Nc2nc(N)nc(-c3cc(-n4nnnc4CF)c(C4CC4)cc3F)c2F)CC(C)(C)N1. The number of anilines is 2. The van der Waals surface area contributed by atoms with E-state index in [-0.39, 0.29) is 51.9 Å². The molecule has 0 unspecified atom stereocenters. The highest BCUT2D eigenvalue weighted by molar-refractivity contribution is 5.70. The summed E-state index contributed by atoms with van der Waals surface area (Å²) in [5.74, 6) is -1.69. The van der Waals surface area contributed by atoms with Gasteiger partial charge in [0.25, 0.3) is 0 Å². The third-order valence-electron chi connectivity index (χ3n) is 6.67. The summed E-state index contributed by atoms with van der Waals surface area (Å²) in [4.78, 5) is 8.12. The van der Waals surface area contributed by atoms with Crippen molar-refractivity contribution < 1.29 is 13.2 Å². The molecular weight excluding hydrogens is 471 g/mol. The van der Waals surface area contributed by atoms with E-state index in [4.69, 9.17) is 5.73 Å². The highest BCUT2D eigenvalue weighted by atomic mass is 19.1. The first-order valence-corrected chi connectivity index (χ1v) is 12.0. The fourth-order valence-electron chi connectivity index (χ4n) is 5.50. The monoisotopic (exact) mass is 501 g/mol. The number of piperidine rings is 1. The van der Waals surface area contributed by atoms with Gasteiger partial charge in [-0.1, -0.05) is 0 Å². The fraction of sp³-hybridized carbons (Fsp3) is 0.542. The first-order valence-electron chi connectivity index (χ1n) is 12.0. The van der Waals surface area contributed by atoms with E-state index < -0.39 is 18.3 Å². The molecule has 3 heterocycles. The second kappa shape index (κ2) is 8.68. The van der Waals surface area contributed by atoms with Crippen LogP contribution in [0.4, 0.5) is 24.9 Å². The van der Waals surface area contributed by atoms with Gasteiger partial charge in [0, 0.05) is 22.7 Å². The number of nitrogen functional groups attached to an aromatic ring is 1. The molecule has 0 amide bonds. The third kappa shape index (κ3) is 4.73. The van der Waals surface area contributed by atoms with Gasteiger partial charge in [-0.2, -0.15) is 9.67 Å². The number of benzene rings is 1. The van der Waals surface area contributed by atoms with Crippen molar-refractivity contribution in [3.63, 3.8) is 0 Å². The Kier molecular flexibility index (Phi) is 5.89. The minimum Gasteiger partial charge on any atom is -0.368 e. The Morgan fingerprint density at radius 2 is 1.81 bits per heavy atom. The highest BCUT2D eigenvalue weighted by Gasteiger charge is 2.38. The Morgan fingerprint density at radius 3 is 2.44 bits per heavy atom. The average Bonchev–Trinajstić information content (AvgIpc) is 3.50. The zero-order chi connectivity index (χ0) is 25.8. The van der Waals surface area contributed by atoms with Crippen LogP contribution in [-0.4, -0.2) is 47.3 Å². The van der Waals surface area contributed by atoms with Gasteiger partial charge in [0.15, 0.2) is 24.1 Å². The van der Waals surface area contributed by atoms with E-state index in [0.29, 0.717) is 11.3 Å².